The highest BCUT2D eigenvalue weighted by molar-refractivity contribution is 9.10. The molecule has 0 atom stereocenters. The van der Waals surface area contributed by atoms with Gasteiger partial charge in [0, 0.05) is 22.2 Å². The van der Waals surface area contributed by atoms with Gasteiger partial charge in [0.1, 0.15) is 17.4 Å². The van der Waals surface area contributed by atoms with Crippen LogP contribution in [0.2, 0.25) is 0 Å². The summed E-state index contributed by atoms with van der Waals surface area (Å²) < 4.78 is 11.6. The molecule has 0 fully saturated rings. The van der Waals surface area contributed by atoms with Crippen molar-refractivity contribution in [3.05, 3.63) is 63.8 Å². The Balaban J connectivity index is 1.72. The first kappa shape index (κ1) is 16.6. The van der Waals surface area contributed by atoms with E-state index in [1.807, 2.05) is 23.6 Å². The molecule has 2 heterocycles. The summed E-state index contributed by atoms with van der Waals surface area (Å²) >= 11 is 4.93. The van der Waals surface area contributed by atoms with Gasteiger partial charge in [-0.1, -0.05) is 15.9 Å². The Morgan fingerprint density at radius 1 is 1.25 bits per heavy atom. The van der Waals surface area contributed by atoms with E-state index in [4.69, 9.17) is 9.47 Å². The van der Waals surface area contributed by atoms with E-state index in [1.54, 1.807) is 31.6 Å². The Labute approximate surface area is 151 Å². The predicted molar refractivity (Wildman–Crippen MR) is 95.2 cm³/mol. The fraction of sp³-hybridized carbons (Fsp3) is 0.118. The van der Waals surface area contributed by atoms with E-state index in [2.05, 4.69) is 25.9 Å². The Bertz CT molecular complexity index is 852. The lowest BCUT2D eigenvalue weighted by Crippen LogP contribution is -2.05. The van der Waals surface area contributed by atoms with Crippen molar-refractivity contribution < 1.29 is 14.3 Å². The summed E-state index contributed by atoms with van der Waals surface area (Å²) in [6.07, 6.45) is 3.11. The summed E-state index contributed by atoms with van der Waals surface area (Å²) in [6, 6.07) is 8.96. The molecule has 0 aliphatic rings. The van der Waals surface area contributed by atoms with Crippen molar-refractivity contribution in [1.29, 1.82) is 0 Å². The van der Waals surface area contributed by atoms with Crippen LogP contribution in [0.25, 0.3) is 10.6 Å². The number of esters is 1. The van der Waals surface area contributed by atoms with E-state index < -0.39 is 5.97 Å². The molecule has 0 saturated heterocycles. The van der Waals surface area contributed by atoms with Crippen LogP contribution in [0, 0.1) is 0 Å². The van der Waals surface area contributed by atoms with Gasteiger partial charge in [0.15, 0.2) is 0 Å². The molecule has 2 aromatic heterocycles. The first-order chi connectivity index (χ1) is 11.7. The van der Waals surface area contributed by atoms with Crippen LogP contribution < -0.4 is 4.74 Å². The molecule has 7 heteroatoms. The number of hydrogen-bond acceptors (Lipinski definition) is 6. The molecule has 1 aromatic carbocycles. The molecule has 0 aliphatic carbocycles. The smallest absolute Gasteiger partial charge is 0.338 e. The van der Waals surface area contributed by atoms with Crippen LogP contribution in [0.5, 0.6) is 5.75 Å². The summed E-state index contributed by atoms with van der Waals surface area (Å²) in [4.78, 5) is 20.3. The zero-order valence-electron chi connectivity index (χ0n) is 12.7. The summed E-state index contributed by atoms with van der Waals surface area (Å²) in [5.41, 5.74) is 2.05. The van der Waals surface area contributed by atoms with Gasteiger partial charge < -0.3 is 9.47 Å². The first-order valence-corrected chi connectivity index (χ1v) is 8.70. The van der Waals surface area contributed by atoms with Crippen molar-refractivity contribution in [3.63, 3.8) is 0 Å². The van der Waals surface area contributed by atoms with Crippen LogP contribution in [0.3, 0.4) is 0 Å². The largest absolute Gasteiger partial charge is 0.496 e. The number of hydrogen-bond donors (Lipinski definition) is 0. The number of methoxy groups -OCH3 is 1. The second kappa shape index (κ2) is 7.55. The van der Waals surface area contributed by atoms with Gasteiger partial charge in [-0.15, -0.1) is 11.3 Å². The number of ether oxygens (including phenoxy) is 2. The molecule has 0 spiro atoms. The van der Waals surface area contributed by atoms with Crippen molar-refractivity contribution in [3.8, 4) is 16.3 Å². The molecule has 122 valence electrons. The van der Waals surface area contributed by atoms with Gasteiger partial charge in [0.2, 0.25) is 0 Å². The molecule has 3 rings (SSSR count). The SMILES string of the molecule is COc1ccc(Br)cc1-c1nc(COC(=O)c2ccncc2)cs1. The van der Waals surface area contributed by atoms with E-state index in [0.717, 1.165) is 20.8 Å². The normalized spacial score (nSPS) is 10.4. The summed E-state index contributed by atoms with van der Waals surface area (Å²) in [5, 5.41) is 2.68. The maximum atomic E-state index is 11.9. The number of rotatable bonds is 5. The maximum absolute atomic E-state index is 11.9. The molecule has 24 heavy (non-hydrogen) atoms. The Morgan fingerprint density at radius 3 is 2.79 bits per heavy atom. The maximum Gasteiger partial charge on any atom is 0.338 e. The van der Waals surface area contributed by atoms with E-state index in [1.165, 1.54) is 11.3 Å². The predicted octanol–water partition coefficient (Wildman–Crippen LogP) is 4.33. The second-order valence-corrected chi connectivity index (χ2v) is 6.57. The summed E-state index contributed by atoms with van der Waals surface area (Å²) in [7, 11) is 1.62. The van der Waals surface area contributed by atoms with Crippen molar-refractivity contribution in [2.45, 2.75) is 6.61 Å². The third-order valence-electron chi connectivity index (χ3n) is 3.21. The zero-order valence-corrected chi connectivity index (χ0v) is 15.1. The minimum Gasteiger partial charge on any atom is -0.496 e. The van der Waals surface area contributed by atoms with Crippen LogP contribution in [0.4, 0.5) is 0 Å². The van der Waals surface area contributed by atoms with Gasteiger partial charge >= 0.3 is 5.97 Å². The average molecular weight is 405 g/mol. The van der Waals surface area contributed by atoms with Crippen molar-refractivity contribution >= 4 is 33.2 Å². The Hall–Kier alpha value is -2.25. The second-order valence-electron chi connectivity index (χ2n) is 4.80. The molecule has 0 N–H and O–H groups in total. The molecule has 0 bridgehead atoms. The molecule has 0 saturated carbocycles. The fourth-order valence-electron chi connectivity index (χ4n) is 2.06. The standard InChI is InChI=1S/C17H13BrN2O3S/c1-22-15-3-2-12(18)8-14(15)16-20-13(10-24-16)9-23-17(21)11-4-6-19-7-5-11/h2-8,10H,9H2,1H3. The first-order valence-electron chi connectivity index (χ1n) is 7.03. The molecular weight excluding hydrogens is 392 g/mol. The topological polar surface area (TPSA) is 61.3 Å². The lowest BCUT2D eigenvalue weighted by atomic mass is 10.2. The number of nitrogens with zero attached hydrogens (tertiary/aromatic N) is 2. The Kier molecular flexibility index (Phi) is 5.22. The quantitative estimate of drug-likeness (QED) is 0.592. The third-order valence-corrected chi connectivity index (χ3v) is 4.63. The molecule has 0 unspecified atom stereocenters. The van der Waals surface area contributed by atoms with Crippen molar-refractivity contribution in [1.82, 2.24) is 9.97 Å². The van der Waals surface area contributed by atoms with Gasteiger partial charge in [-0.3, -0.25) is 4.98 Å². The number of halogens is 1. The number of benzene rings is 1. The number of aromatic nitrogens is 2. The van der Waals surface area contributed by atoms with Gasteiger partial charge in [0.25, 0.3) is 0 Å². The highest BCUT2D eigenvalue weighted by Crippen LogP contribution is 2.34. The minimum absolute atomic E-state index is 0.119. The zero-order chi connectivity index (χ0) is 16.9. The van der Waals surface area contributed by atoms with Gasteiger partial charge in [-0.2, -0.15) is 0 Å². The lowest BCUT2D eigenvalue weighted by molar-refractivity contribution is 0.0468. The average Bonchev–Trinajstić information content (AvgIpc) is 3.09. The number of thiazole rings is 1. The lowest BCUT2D eigenvalue weighted by Gasteiger charge is -2.06. The van der Waals surface area contributed by atoms with E-state index in [-0.39, 0.29) is 6.61 Å². The van der Waals surface area contributed by atoms with Gasteiger partial charge in [-0.05, 0) is 30.3 Å². The minimum atomic E-state index is -0.396. The monoisotopic (exact) mass is 404 g/mol. The highest BCUT2D eigenvalue weighted by atomic mass is 79.9. The van der Waals surface area contributed by atoms with Crippen molar-refractivity contribution in [2.24, 2.45) is 0 Å². The van der Waals surface area contributed by atoms with Crippen molar-refractivity contribution in [2.75, 3.05) is 7.11 Å². The molecule has 5 nitrogen and oxygen atoms in total. The molecule has 0 aliphatic heterocycles. The van der Waals surface area contributed by atoms with E-state index >= 15 is 0 Å². The fourth-order valence-corrected chi connectivity index (χ4v) is 3.24. The van der Waals surface area contributed by atoms with Crippen LogP contribution in [-0.4, -0.2) is 23.0 Å². The molecular formula is C17H13BrN2O3S. The number of carbonyl (C=O) groups is 1. The number of carbonyl (C=O) groups excluding carboxylic acids is 1. The van der Waals surface area contributed by atoms with E-state index in [9.17, 15) is 4.79 Å². The van der Waals surface area contributed by atoms with Crippen LogP contribution in [0.15, 0.2) is 52.6 Å². The Morgan fingerprint density at radius 2 is 2.04 bits per heavy atom. The highest BCUT2D eigenvalue weighted by Gasteiger charge is 2.13. The van der Waals surface area contributed by atoms with Gasteiger partial charge in [0.05, 0.1) is 23.9 Å². The van der Waals surface area contributed by atoms with Crippen LogP contribution in [0.1, 0.15) is 16.1 Å². The summed E-state index contributed by atoms with van der Waals surface area (Å²) in [5.74, 6) is 0.347. The van der Waals surface area contributed by atoms with Crippen LogP contribution in [-0.2, 0) is 11.3 Å². The summed E-state index contributed by atoms with van der Waals surface area (Å²) in [6.45, 7) is 0.119. The number of pyridine rings is 1. The van der Waals surface area contributed by atoms with E-state index in [0.29, 0.717) is 11.3 Å². The molecule has 3 aromatic rings. The third kappa shape index (κ3) is 3.80. The van der Waals surface area contributed by atoms with Gasteiger partial charge in [-0.25, -0.2) is 9.78 Å². The molecule has 0 amide bonds. The van der Waals surface area contributed by atoms with Crippen LogP contribution >= 0.6 is 27.3 Å². The molecule has 0 radical (unpaired) electrons.